The molecular formula is C18H23ClN4O3. The molecule has 26 heavy (non-hydrogen) atoms. The van der Waals surface area contributed by atoms with Crippen LogP contribution < -0.4 is 16.1 Å². The number of nitrogens with zero attached hydrogens (tertiary/aromatic N) is 1. The van der Waals surface area contributed by atoms with Crippen molar-refractivity contribution in [2.75, 3.05) is 33.2 Å². The number of nitrogens with one attached hydrogen (secondary N) is 3. The van der Waals surface area contributed by atoms with Crippen LogP contribution in [0.5, 0.6) is 0 Å². The van der Waals surface area contributed by atoms with E-state index in [1.807, 2.05) is 13.1 Å². The summed E-state index contributed by atoms with van der Waals surface area (Å²) in [6.45, 7) is 2.18. The lowest BCUT2D eigenvalue weighted by atomic mass is 10.1. The van der Waals surface area contributed by atoms with Gasteiger partial charge in [0.05, 0.1) is 6.54 Å². The average molecular weight is 379 g/mol. The number of pyridine rings is 1. The predicted molar refractivity (Wildman–Crippen MR) is 103 cm³/mol. The maximum absolute atomic E-state index is 12.4. The Morgan fingerprint density at radius 2 is 2.08 bits per heavy atom. The molecule has 0 radical (unpaired) electrons. The van der Waals surface area contributed by atoms with E-state index in [1.54, 1.807) is 23.1 Å². The van der Waals surface area contributed by atoms with E-state index in [4.69, 9.17) is 0 Å². The summed E-state index contributed by atoms with van der Waals surface area (Å²) in [6, 6.07) is 7.00. The predicted octanol–water partition coefficient (Wildman–Crippen LogP) is 0.748. The van der Waals surface area contributed by atoms with E-state index >= 15 is 0 Å². The van der Waals surface area contributed by atoms with Gasteiger partial charge in [0, 0.05) is 30.2 Å². The Balaban J connectivity index is 0.00000243. The third-order valence-corrected chi connectivity index (χ3v) is 4.56. The van der Waals surface area contributed by atoms with Gasteiger partial charge in [0.25, 0.3) is 5.91 Å². The second kappa shape index (κ2) is 8.82. The smallest absolute Gasteiger partial charge is 0.257 e. The molecule has 1 aliphatic heterocycles. The van der Waals surface area contributed by atoms with Gasteiger partial charge in [-0.1, -0.05) is 12.1 Å². The number of benzene rings is 1. The normalized spacial score (nSPS) is 16.3. The lowest BCUT2D eigenvalue weighted by molar-refractivity contribution is -0.129. The van der Waals surface area contributed by atoms with Crippen LogP contribution >= 0.6 is 12.4 Å². The van der Waals surface area contributed by atoms with Crippen LogP contribution in [0.3, 0.4) is 0 Å². The lowest BCUT2D eigenvalue weighted by Gasteiger charge is -2.17. The van der Waals surface area contributed by atoms with Gasteiger partial charge in [0.1, 0.15) is 5.56 Å². The quantitative estimate of drug-likeness (QED) is 0.715. The van der Waals surface area contributed by atoms with Gasteiger partial charge in [0.15, 0.2) is 0 Å². The van der Waals surface area contributed by atoms with Gasteiger partial charge < -0.3 is 20.5 Å². The Kier molecular flexibility index (Phi) is 6.76. The number of amides is 2. The molecule has 1 saturated heterocycles. The zero-order valence-electron chi connectivity index (χ0n) is 14.6. The highest BCUT2D eigenvalue weighted by atomic mass is 35.5. The largest absolute Gasteiger partial charge is 0.360 e. The number of halogens is 1. The minimum absolute atomic E-state index is 0. The highest BCUT2D eigenvalue weighted by molar-refractivity contribution is 5.98. The van der Waals surface area contributed by atoms with Crippen molar-refractivity contribution in [1.82, 2.24) is 20.5 Å². The first kappa shape index (κ1) is 19.9. The van der Waals surface area contributed by atoms with Crippen molar-refractivity contribution in [1.29, 1.82) is 0 Å². The van der Waals surface area contributed by atoms with E-state index in [0.29, 0.717) is 29.9 Å². The second-order valence-electron chi connectivity index (χ2n) is 6.31. The summed E-state index contributed by atoms with van der Waals surface area (Å²) in [5, 5.41) is 6.13. The monoisotopic (exact) mass is 378 g/mol. The maximum Gasteiger partial charge on any atom is 0.257 e. The number of fused-ring (bicyclic) bond motifs is 1. The molecule has 1 aromatic heterocycles. The van der Waals surface area contributed by atoms with Crippen molar-refractivity contribution < 1.29 is 9.59 Å². The molecule has 0 aliphatic carbocycles. The average Bonchev–Trinajstić information content (AvgIpc) is 3.09. The number of hydrogen-bond acceptors (Lipinski definition) is 4. The molecule has 7 nitrogen and oxygen atoms in total. The molecule has 1 atom stereocenters. The Morgan fingerprint density at radius 3 is 2.85 bits per heavy atom. The van der Waals surface area contributed by atoms with E-state index in [0.717, 1.165) is 13.0 Å². The topological polar surface area (TPSA) is 94.3 Å². The van der Waals surface area contributed by atoms with Crippen molar-refractivity contribution in [3.63, 3.8) is 0 Å². The maximum atomic E-state index is 12.4. The fourth-order valence-electron chi connectivity index (χ4n) is 3.21. The van der Waals surface area contributed by atoms with Crippen molar-refractivity contribution in [2.24, 2.45) is 5.92 Å². The molecule has 2 amide bonds. The van der Waals surface area contributed by atoms with Crippen LogP contribution in [0.1, 0.15) is 16.8 Å². The number of rotatable bonds is 5. The molecule has 0 spiro atoms. The van der Waals surface area contributed by atoms with Gasteiger partial charge in [-0.3, -0.25) is 14.4 Å². The Morgan fingerprint density at radius 1 is 1.31 bits per heavy atom. The van der Waals surface area contributed by atoms with Crippen molar-refractivity contribution >= 4 is 35.1 Å². The number of para-hydroxylation sites is 1. The lowest BCUT2D eigenvalue weighted by Crippen LogP contribution is -2.40. The van der Waals surface area contributed by atoms with Crippen LogP contribution in [0.15, 0.2) is 35.3 Å². The van der Waals surface area contributed by atoms with Crippen molar-refractivity contribution in [2.45, 2.75) is 6.42 Å². The molecular weight excluding hydrogens is 356 g/mol. The Bertz CT molecular complexity index is 852. The van der Waals surface area contributed by atoms with Crippen LogP contribution in [-0.2, 0) is 4.79 Å². The first-order valence-corrected chi connectivity index (χ1v) is 8.41. The van der Waals surface area contributed by atoms with E-state index < -0.39 is 5.91 Å². The third-order valence-electron chi connectivity index (χ3n) is 4.56. The number of aromatic nitrogens is 1. The van der Waals surface area contributed by atoms with E-state index in [2.05, 4.69) is 15.6 Å². The minimum atomic E-state index is -0.536. The number of likely N-dealkylation sites (tertiary alicyclic amines) is 1. The standard InChI is InChI=1S/C18H22N4O3.ClH/c1-19-8-12-6-7-22(11-12)16(23)10-21-18(25)14-9-20-15-5-3-2-4-13(15)17(14)24;/h2-5,9,12,19H,6-8,10-11H2,1H3,(H,20,24)(H,21,25);1H. The summed E-state index contributed by atoms with van der Waals surface area (Å²) in [5.41, 5.74) is 0.350. The molecule has 2 heterocycles. The van der Waals surface area contributed by atoms with Crippen LogP contribution in [0, 0.1) is 5.92 Å². The van der Waals surface area contributed by atoms with Crippen molar-refractivity contribution in [3.8, 4) is 0 Å². The number of H-pyrrole nitrogens is 1. The summed E-state index contributed by atoms with van der Waals surface area (Å²) in [7, 11) is 1.89. The van der Waals surface area contributed by atoms with Crippen LogP contribution in [0.25, 0.3) is 10.9 Å². The van der Waals surface area contributed by atoms with Crippen LogP contribution in [-0.4, -0.2) is 54.9 Å². The highest BCUT2D eigenvalue weighted by Crippen LogP contribution is 2.15. The molecule has 3 N–H and O–H groups in total. The Labute approximate surface area is 157 Å². The molecule has 0 bridgehead atoms. The van der Waals surface area contributed by atoms with Gasteiger partial charge in [-0.05, 0) is 38.1 Å². The summed E-state index contributed by atoms with van der Waals surface area (Å²) in [5.74, 6) is -0.205. The molecule has 2 aromatic rings. The third kappa shape index (κ3) is 4.23. The zero-order valence-corrected chi connectivity index (χ0v) is 15.4. The summed E-state index contributed by atoms with van der Waals surface area (Å²) < 4.78 is 0. The van der Waals surface area contributed by atoms with Crippen LogP contribution in [0.2, 0.25) is 0 Å². The first-order valence-electron chi connectivity index (χ1n) is 8.41. The number of carbonyl (C=O) groups is 2. The second-order valence-corrected chi connectivity index (χ2v) is 6.31. The molecule has 1 unspecified atom stereocenters. The van der Waals surface area contributed by atoms with Gasteiger partial charge >= 0.3 is 0 Å². The van der Waals surface area contributed by atoms with Crippen LogP contribution in [0.4, 0.5) is 0 Å². The molecule has 1 fully saturated rings. The number of aromatic amines is 1. The van der Waals surface area contributed by atoms with E-state index in [1.165, 1.54) is 6.20 Å². The molecule has 3 rings (SSSR count). The first-order chi connectivity index (χ1) is 12.1. The minimum Gasteiger partial charge on any atom is -0.360 e. The fourth-order valence-corrected chi connectivity index (χ4v) is 3.21. The number of carbonyl (C=O) groups excluding carboxylic acids is 2. The Hall–Kier alpha value is -2.38. The van der Waals surface area contributed by atoms with E-state index in [9.17, 15) is 14.4 Å². The van der Waals surface area contributed by atoms with Gasteiger partial charge in [-0.25, -0.2) is 0 Å². The van der Waals surface area contributed by atoms with Gasteiger partial charge in [-0.2, -0.15) is 0 Å². The SMILES string of the molecule is CNCC1CCN(C(=O)CNC(=O)c2c[nH]c3ccccc3c2=O)C1.Cl. The summed E-state index contributed by atoms with van der Waals surface area (Å²) >= 11 is 0. The molecule has 8 heteroatoms. The molecule has 1 aromatic carbocycles. The molecule has 140 valence electrons. The highest BCUT2D eigenvalue weighted by Gasteiger charge is 2.26. The van der Waals surface area contributed by atoms with Gasteiger partial charge in [-0.15, -0.1) is 12.4 Å². The molecule has 0 saturated carbocycles. The van der Waals surface area contributed by atoms with Gasteiger partial charge in [0.2, 0.25) is 11.3 Å². The zero-order chi connectivity index (χ0) is 17.8. The fraction of sp³-hybridized carbons (Fsp3) is 0.389. The summed E-state index contributed by atoms with van der Waals surface area (Å²) in [6.07, 6.45) is 2.36. The molecule has 1 aliphatic rings. The van der Waals surface area contributed by atoms with Crippen molar-refractivity contribution in [3.05, 3.63) is 46.2 Å². The summed E-state index contributed by atoms with van der Waals surface area (Å²) in [4.78, 5) is 41.6. The van der Waals surface area contributed by atoms with E-state index in [-0.39, 0.29) is 35.9 Å². The number of hydrogen-bond donors (Lipinski definition) is 3.